The predicted octanol–water partition coefficient (Wildman–Crippen LogP) is 0.713. The van der Waals surface area contributed by atoms with Gasteiger partial charge in [0.15, 0.2) is 0 Å². The molecule has 1 N–H and O–H groups in total. The van der Waals surface area contributed by atoms with Gasteiger partial charge >= 0.3 is 0 Å². The van der Waals surface area contributed by atoms with Crippen molar-refractivity contribution in [1.82, 2.24) is 15.1 Å². The van der Waals surface area contributed by atoms with Crippen molar-refractivity contribution < 1.29 is 14.3 Å². The van der Waals surface area contributed by atoms with Gasteiger partial charge < -0.3 is 19.7 Å². The minimum absolute atomic E-state index is 0.133. The molecule has 6 heteroatoms. The van der Waals surface area contributed by atoms with Crippen molar-refractivity contribution in [2.75, 3.05) is 52.5 Å². The molecule has 0 aliphatic carbocycles. The van der Waals surface area contributed by atoms with Gasteiger partial charge in [-0.1, -0.05) is 0 Å². The van der Waals surface area contributed by atoms with E-state index in [0.29, 0.717) is 25.4 Å². The molecule has 24 heavy (non-hydrogen) atoms. The van der Waals surface area contributed by atoms with E-state index in [1.807, 2.05) is 4.90 Å². The lowest BCUT2D eigenvalue weighted by Crippen LogP contribution is -2.54. The van der Waals surface area contributed by atoms with Crippen LogP contribution in [0, 0.1) is 5.92 Å². The number of morpholine rings is 2. The van der Waals surface area contributed by atoms with Gasteiger partial charge in [0.05, 0.1) is 25.4 Å². The molecule has 0 radical (unpaired) electrons. The predicted molar refractivity (Wildman–Crippen MR) is 93.0 cm³/mol. The number of nitrogens with zero attached hydrogens (tertiary/aromatic N) is 2. The van der Waals surface area contributed by atoms with E-state index in [-0.39, 0.29) is 11.9 Å². The van der Waals surface area contributed by atoms with E-state index < -0.39 is 0 Å². The molecule has 0 aromatic carbocycles. The van der Waals surface area contributed by atoms with E-state index in [2.05, 4.69) is 24.1 Å². The smallest absolute Gasteiger partial charge is 0.242 e. The second-order valence-corrected chi connectivity index (χ2v) is 7.66. The summed E-state index contributed by atoms with van der Waals surface area (Å²) >= 11 is 0. The van der Waals surface area contributed by atoms with E-state index in [4.69, 9.17) is 9.47 Å². The lowest BCUT2D eigenvalue weighted by molar-refractivity contribution is -0.137. The fraction of sp³-hybridized carbons (Fsp3) is 0.944. The summed E-state index contributed by atoms with van der Waals surface area (Å²) in [4.78, 5) is 17.1. The second-order valence-electron chi connectivity index (χ2n) is 7.66. The first kappa shape index (κ1) is 18.1. The number of hydrogen-bond donors (Lipinski definition) is 1. The normalized spacial score (nSPS) is 33.6. The molecule has 3 heterocycles. The van der Waals surface area contributed by atoms with Gasteiger partial charge in [-0.25, -0.2) is 0 Å². The molecule has 0 aromatic heterocycles. The Labute approximate surface area is 145 Å². The third-order valence-electron chi connectivity index (χ3n) is 5.49. The summed E-state index contributed by atoms with van der Waals surface area (Å²) in [5, 5.41) is 3.27. The molecule has 6 nitrogen and oxygen atoms in total. The van der Waals surface area contributed by atoms with E-state index in [0.717, 1.165) is 58.0 Å². The van der Waals surface area contributed by atoms with Crippen molar-refractivity contribution in [3.05, 3.63) is 0 Å². The van der Waals surface area contributed by atoms with Gasteiger partial charge in [0.25, 0.3) is 0 Å². The number of amides is 1. The van der Waals surface area contributed by atoms with Gasteiger partial charge in [0.1, 0.15) is 6.04 Å². The number of piperidine rings is 1. The molecule has 0 saturated carbocycles. The largest absolute Gasteiger partial charge is 0.378 e. The standard InChI is InChI=1S/C18H33N3O3/c1-14-11-20(12-15(2)24-14)7-3-16-4-8-21(9-5-16)18(22)17-13-23-10-6-19-17/h14-17,19H,3-13H2,1-2H3/t14-,15+,17-/m1/s1. The van der Waals surface area contributed by atoms with Crippen LogP contribution in [0.25, 0.3) is 0 Å². The third kappa shape index (κ3) is 4.91. The monoisotopic (exact) mass is 339 g/mol. The molecular formula is C18H33N3O3. The molecule has 3 aliphatic heterocycles. The van der Waals surface area contributed by atoms with Crippen LogP contribution in [-0.2, 0) is 14.3 Å². The number of rotatable bonds is 4. The molecular weight excluding hydrogens is 306 g/mol. The molecule has 1 amide bonds. The summed E-state index contributed by atoms with van der Waals surface area (Å²) in [5.41, 5.74) is 0. The first-order valence-corrected chi connectivity index (χ1v) is 9.59. The molecule has 3 rings (SSSR count). The first-order chi connectivity index (χ1) is 11.6. The van der Waals surface area contributed by atoms with Crippen LogP contribution < -0.4 is 5.32 Å². The van der Waals surface area contributed by atoms with Crippen molar-refractivity contribution in [1.29, 1.82) is 0 Å². The molecule has 0 unspecified atom stereocenters. The lowest BCUT2D eigenvalue weighted by Gasteiger charge is -2.38. The molecule has 3 atom stereocenters. The second kappa shape index (κ2) is 8.61. The maximum Gasteiger partial charge on any atom is 0.242 e. The number of carbonyl (C=O) groups excluding carboxylic acids is 1. The number of ether oxygens (including phenoxy) is 2. The quantitative estimate of drug-likeness (QED) is 0.818. The third-order valence-corrected chi connectivity index (χ3v) is 5.49. The minimum Gasteiger partial charge on any atom is -0.378 e. The Morgan fingerprint density at radius 3 is 2.50 bits per heavy atom. The Kier molecular flexibility index (Phi) is 6.49. The fourth-order valence-electron chi connectivity index (χ4n) is 4.22. The van der Waals surface area contributed by atoms with Crippen LogP contribution in [0.3, 0.4) is 0 Å². The highest BCUT2D eigenvalue weighted by Gasteiger charge is 2.30. The molecule has 3 aliphatic rings. The van der Waals surface area contributed by atoms with Gasteiger partial charge in [-0.05, 0) is 45.6 Å². The summed E-state index contributed by atoms with van der Waals surface area (Å²) < 4.78 is 11.2. The van der Waals surface area contributed by atoms with E-state index >= 15 is 0 Å². The Morgan fingerprint density at radius 2 is 1.88 bits per heavy atom. The van der Waals surface area contributed by atoms with Crippen LogP contribution >= 0.6 is 0 Å². The summed E-state index contributed by atoms with van der Waals surface area (Å²) in [6, 6.07) is -0.133. The molecule has 3 fully saturated rings. The van der Waals surface area contributed by atoms with Crippen LogP contribution in [0.1, 0.15) is 33.1 Å². The van der Waals surface area contributed by atoms with Crippen molar-refractivity contribution in [3.63, 3.8) is 0 Å². The SMILES string of the molecule is C[C@@H]1CN(CCC2CCN(C(=O)[C@H]3COCCN3)CC2)C[C@H](C)O1. The summed E-state index contributed by atoms with van der Waals surface area (Å²) in [6.45, 7) is 11.4. The summed E-state index contributed by atoms with van der Waals surface area (Å²) in [5.74, 6) is 0.974. The van der Waals surface area contributed by atoms with E-state index in [1.54, 1.807) is 0 Å². The van der Waals surface area contributed by atoms with Gasteiger partial charge in [0, 0.05) is 32.7 Å². The average Bonchev–Trinajstić information content (AvgIpc) is 2.60. The highest BCUT2D eigenvalue weighted by atomic mass is 16.5. The Bertz CT molecular complexity index is 396. The van der Waals surface area contributed by atoms with Gasteiger partial charge in [-0.2, -0.15) is 0 Å². The lowest BCUT2D eigenvalue weighted by atomic mass is 9.92. The van der Waals surface area contributed by atoms with Gasteiger partial charge in [-0.3, -0.25) is 9.69 Å². The van der Waals surface area contributed by atoms with Crippen LogP contribution in [0.4, 0.5) is 0 Å². The highest BCUT2D eigenvalue weighted by Crippen LogP contribution is 2.22. The van der Waals surface area contributed by atoms with Gasteiger partial charge in [0.2, 0.25) is 5.91 Å². The number of nitrogens with one attached hydrogen (secondary N) is 1. The molecule has 3 saturated heterocycles. The fourth-order valence-corrected chi connectivity index (χ4v) is 4.22. The zero-order chi connectivity index (χ0) is 16.9. The highest BCUT2D eigenvalue weighted by molar-refractivity contribution is 5.82. The first-order valence-electron chi connectivity index (χ1n) is 9.59. The molecule has 138 valence electrons. The Morgan fingerprint density at radius 1 is 1.17 bits per heavy atom. The zero-order valence-corrected chi connectivity index (χ0v) is 15.2. The van der Waals surface area contributed by atoms with Crippen LogP contribution in [0.2, 0.25) is 0 Å². The molecule has 0 spiro atoms. The molecule has 0 aromatic rings. The van der Waals surface area contributed by atoms with Crippen molar-refractivity contribution >= 4 is 5.91 Å². The Balaban J connectivity index is 1.36. The number of likely N-dealkylation sites (tertiary alicyclic amines) is 1. The molecule has 0 bridgehead atoms. The average molecular weight is 339 g/mol. The number of hydrogen-bond acceptors (Lipinski definition) is 5. The van der Waals surface area contributed by atoms with Crippen molar-refractivity contribution in [2.45, 2.75) is 51.4 Å². The van der Waals surface area contributed by atoms with Crippen molar-refractivity contribution in [2.24, 2.45) is 5.92 Å². The maximum atomic E-state index is 12.5. The maximum absolute atomic E-state index is 12.5. The van der Waals surface area contributed by atoms with Crippen molar-refractivity contribution in [3.8, 4) is 0 Å². The van der Waals surface area contributed by atoms with Crippen LogP contribution in [0.15, 0.2) is 0 Å². The zero-order valence-electron chi connectivity index (χ0n) is 15.2. The van der Waals surface area contributed by atoms with E-state index in [9.17, 15) is 4.79 Å². The Hall–Kier alpha value is -0.690. The van der Waals surface area contributed by atoms with Gasteiger partial charge in [-0.15, -0.1) is 0 Å². The number of carbonyl (C=O) groups is 1. The van der Waals surface area contributed by atoms with Crippen LogP contribution in [0.5, 0.6) is 0 Å². The summed E-state index contributed by atoms with van der Waals surface area (Å²) in [6.07, 6.45) is 4.20. The minimum atomic E-state index is -0.133. The topological polar surface area (TPSA) is 54.0 Å². The van der Waals surface area contributed by atoms with E-state index in [1.165, 1.54) is 6.42 Å². The summed E-state index contributed by atoms with van der Waals surface area (Å²) in [7, 11) is 0. The van der Waals surface area contributed by atoms with Crippen LogP contribution in [-0.4, -0.2) is 86.4 Å².